The summed E-state index contributed by atoms with van der Waals surface area (Å²) in [6.45, 7) is 4.12. The SMILES string of the molecule is Cc1cccc(-c2nc(C)nn2CC(=O)NC2CCCC2)c1. The number of carbonyl (C=O) groups excluding carboxylic acids is 1. The molecular formula is C17H22N4O. The summed E-state index contributed by atoms with van der Waals surface area (Å²) in [7, 11) is 0. The summed E-state index contributed by atoms with van der Waals surface area (Å²) >= 11 is 0. The highest BCUT2D eigenvalue weighted by molar-refractivity contribution is 5.76. The van der Waals surface area contributed by atoms with E-state index in [9.17, 15) is 4.79 Å². The van der Waals surface area contributed by atoms with Crippen LogP contribution in [0, 0.1) is 13.8 Å². The van der Waals surface area contributed by atoms with Crippen LogP contribution in [-0.4, -0.2) is 26.7 Å². The maximum absolute atomic E-state index is 12.2. The van der Waals surface area contributed by atoms with Crippen LogP contribution in [0.4, 0.5) is 0 Å². The van der Waals surface area contributed by atoms with Crippen LogP contribution in [0.2, 0.25) is 0 Å². The van der Waals surface area contributed by atoms with Crippen molar-refractivity contribution in [3.63, 3.8) is 0 Å². The molecule has 116 valence electrons. The van der Waals surface area contributed by atoms with E-state index in [1.165, 1.54) is 18.4 Å². The van der Waals surface area contributed by atoms with Crippen molar-refractivity contribution in [2.75, 3.05) is 0 Å². The van der Waals surface area contributed by atoms with Crippen LogP contribution >= 0.6 is 0 Å². The summed E-state index contributed by atoms with van der Waals surface area (Å²) in [5.74, 6) is 1.46. The van der Waals surface area contributed by atoms with Gasteiger partial charge in [-0.25, -0.2) is 9.67 Å². The molecule has 1 saturated carbocycles. The molecule has 1 N–H and O–H groups in total. The quantitative estimate of drug-likeness (QED) is 0.944. The molecule has 0 bridgehead atoms. The zero-order chi connectivity index (χ0) is 15.5. The van der Waals surface area contributed by atoms with E-state index >= 15 is 0 Å². The monoisotopic (exact) mass is 298 g/mol. The van der Waals surface area contributed by atoms with Gasteiger partial charge in [0, 0.05) is 11.6 Å². The predicted octanol–water partition coefficient (Wildman–Crippen LogP) is 2.62. The number of amides is 1. The fourth-order valence-corrected chi connectivity index (χ4v) is 3.04. The molecule has 22 heavy (non-hydrogen) atoms. The van der Waals surface area contributed by atoms with Crippen LogP contribution in [0.1, 0.15) is 37.1 Å². The summed E-state index contributed by atoms with van der Waals surface area (Å²) in [4.78, 5) is 16.7. The molecule has 1 aliphatic carbocycles. The number of aryl methyl sites for hydroxylation is 2. The summed E-state index contributed by atoms with van der Waals surface area (Å²) in [5.41, 5.74) is 2.16. The normalized spacial score (nSPS) is 15.2. The molecule has 1 aromatic heterocycles. The zero-order valence-electron chi connectivity index (χ0n) is 13.2. The van der Waals surface area contributed by atoms with Crippen molar-refractivity contribution >= 4 is 5.91 Å². The molecule has 5 heteroatoms. The molecule has 0 radical (unpaired) electrons. The summed E-state index contributed by atoms with van der Waals surface area (Å²) in [6, 6.07) is 8.44. The molecule has 3 rings (SSSR count). The molecule has 1 aromatic carbocycles. The first-order chi connectivity index (χ1) is 10.6. The Morgan fingerprint density at radius 1 is 1.32 bits per heavy atom. The first-order valence-corrected chi connectivity index (χ1v) is 7.89. The Morgan fingerprint density at radius 2 is 2.09 bits per heavy atom. The first kappa shape index (κ1) is 14.8. The van der Waals surface area contributed by atoms with E-state index in [1.807, 2.05) is 32.0 Å². The van der Waals surface area contributed by atoms with Gasteiger partial charge in [-0.2, -0.15) is 5.10 Å². The van der Waals surface area contributed by atoms with Crippen molar-refractivity contribution in [1.29, 1.82) is 0 Å². The van der Waals surface area contributed by atoms with Gasteiger partial charge in [-0.3, -0.25) is 4.79 Å². The van der Waals surface area contributed by atoms with Crippen LogP contribution < -0.4 is 5.32 Å². The highest BCUT2D eigenvalue weighted by Gasteiger charge is 2.19. The first-order valence-electron chi connectivity index (χ1n) is 7.89. The Hall–Kier alpha value is -2.17. The summed E-state index contributed by atoms with van der Waals surface area (Å²) < 4.78 is 1.70. The topological polar surface area (TPSA) is 59.8 Å². The van der Waals surface area contributed by atoms with Crippen LogP contribution in [0.15, 0.2) is 24.3 Å². The lowest BCUT2D eigenvalue weighted by molar-refractivity contribution is -0.122. The molecule has 1 fully saturated rings. The van der Waals surface area contributed by atoms with E-state index in [4.69, 9.17) is 0 Å². The third-order valence-electron chi connectivity index (χ3n) is 4.07. The summed E-state index contributed by atoms with van der Waals surface area (Å²) in [6.07, 6.45) is 4.60. The Bertz CT molecular complexity index is 671. The van der Waals surface area contributed by atoms with Crippen molar-refractivity contribution in [1.82, 2.24) is 20.1 Å². The average Bonchev–Trinajstić information content (AvgIpc) is 3.08. The Morgan fingerprint density at radius 3 is 2.82 bits per heavy atom. The minimum atomic E-state index is 0.0192. The second-order valence-electron chi connectivity index (χ2n) is 6.06. The standard InChI is InChI=1S/C17H22N4O/c1-12-6-5-7-14(10-12)17-18-13(2)20-21(17)11-16(22)19-15-8-3-4-9-15/h5-7,10,15H,3-4,8-9,11H2,1-2H3,(H,19,22). The maximum atomic E-state index is 12.2. The molecular weight excluding hydrogens is 276 g/mol. The third kappa shape index (κ3) is 3.35. The van der Waals surface area contributed by atoms with Crippen LogP contribution in [0.3, 0.4) is 0 Å². The van der Waals surface area contributed by atoms with Gasteiger partial charge in [0.05, 0.1) is 0 Å². The second kappa shape index (κ2) is 6.30. The molecule has 0 aliphatic heterocycles. The molecule has 0 saturated heterocycles. The van der Waals surface area contributed by atoms with Gasteiger partial charge in [-0.1, -0.05) is 36.6 Å². The number of rotatable bonds is 4. The van der Waals surface area contributed by atoms with Gasteiger partial charge in [0.2, 0.25) is 5.91 Å². The number of hydrogen-bond donors (Lipinski definition) is 1. The smallest absolute Gasteiger partial charge is 0.242 e. The molecule has 2 aromatic rings. The van der Waals surface area contributed by atoms with Crippen molar-refractivity contribution < 1.29 is 4.79 Å². The van der Waals surface area contributed by atoms with Crippen molar-refractivity contribution in [2.45, 2.75) is 52.1 Å². The molecule has 1 heterocycles. The van der Waals surface area contributed by atoms with E-state index in [0.29, 0.717) is 11.9 Å². The second-order valence-corrected chi connectivity index (χ2v) is 6.06. The fraction of sp³-hybridized carbons (Fsp3) is 0.471. The number of nitrogens with zero attached hydrogens (tertiary/aromatic N) is 3. The highest BCUT2D eigenvalue weighted by atomic mass is 16.2. The van der Waals surface area contributed by atoms with E-state index in [-0.39, 0.29) is 12.5 Å². The lowest BCUT2D eigenvalue weighted by Gasteiger charge is -2.12. The number of aromatic nitrogens is 3. The van der Waals surface area contributed by atoms with Crippen LogP contribution in [0.5, 0.6) is 0 Å². The third-order valence-corrected chi connectivity index (χ3v) is 4.07. The molecule has 5 nitrogen and oxygen atoms in total. The van der Waals surface area contributed by atoms with Gasteiger partial charge in [-0.15, -0.1) is 0 Å². The van der Waals surface area contributed by atoms with Gasteiger partial charge in [0.1, 0.15) is 12.4 Å². The predicted molar refractivity (Wildman–Crippen MR) is 85.3 cm³/mol. The van der Waals surface area contributed by atoms with Crippen LogP contribution in [0.25, 0.3) is 11.4 Å². The van der Waals surface area contributed by atoms with Gasteiger partial charge in [0.25, 0.3) is 0 Å². The Balaban J connectivity index is 1.77. The Labute approximate surface area is 130 Å². The molecule has 0 atom stereocenters. The van der Waals surface area contributed by atoms with Gasteiger partial charge < -0.3 is 5.32 Å². The molecule has 0 spiro atoms. The van der Waals surface area contributed by atoms with Crippen LogP contribution in [-0.2, 0) is 11.3 Å². The van der Waals surface area contributed by atoms with E-state index in [0.717, 1.165) is 24.2 Å². The van der Waals surface area contributed by atoms with Crippen molar-refractivity contribution in [3.05, 3.63) is 35.7 Å². The number of carbonyl (C=O) groups is 1. The van der Waals surface area contributed by atoms with Gasteiger partial charge in [0.15, 0.2) is 5.82 Å². The number of hydrogen-bond acceptors (Lipinski definition) is 3. The van der Waals surface area contributed by atoms with Crippen molar-refractivity contribution in [3.8, 4) is 11.4 Å². The fourth-order valence-electron chi connectivity index (χ4n) is 3.04. The average molecular weight is 298 g/mol. The molecule has 1 aliphatic rings. The number of benzene rings is 1. The minimum Gasteiger partial charge on any atom is -0.352 e. The van der Waals surface area contributed by atoms with Gasteiger partial charge >= 0.3 is 0 Å². The summed E-state index contributed by atoms with van der Waals surface area (Å²) in [5, 5.41) is 7.48. The largest absolute Gasteiger partial charge is 0.352 e. The van der Waals surface area contributed by atoms with E-state index in [1.54, 1.807) is 4.68 Å². The van der Waals surface area contributed by atoms with Gasteiger partial charge in [-0.05, 0) is 32.8 Å². The zero-order valence-corrected chi connectivity index (χ0v) is 13.2. The van der Waals surface area contributed by atoms with Crippen molar-refractivity contribution in [2.24, 2.45) is 0 Å². The lowest BCUT2D eigenvalue weighted by Crippen LogP contribution is -2.35. The maximum Gasteiger partial charge on any atom is 0.242 e. The molecule has 1 amide bonds. The van der Waals surface area contributed by atoms with E-state index < -0.39 is 0 Å². The van der Waals surface area contributed by atoms with E-state index in [2.05, 4.69) is 21.5 Å². The minimum absolute atomic E-state index is 0.0192. The highest BCUT2D eigenvalue weighted by Crippen LogP contribution is 2.20. The Kier molecular flexibility index (Phi) is 4.22. The lowest BCUT2D eigenvalue weighted by atomic mass is 10.1. The number of nitrogens with one attached hydrogen (secondary N) is 1. The molecule has 0 unspecified atom stereocenters.